The second-order valence-corrected chi connectivity index (χ2v) is 16.4. The molecule has 6 nitrogen and oxygen atoms in total. The van der Waals surface area contributed by atoms with Crippen molar-refractivity contribution >= 4 is 17.9 Å². The number of esters is 3. The Balaban J connectivity index is 4.42. The van der Waals surface area contributed by atoms with Gasteiger partial charge in [0.25, 0.3) is 0 Å². The van der Waals surface area contributed by atoms with Crippen molar-refractivity contribution in [1.82, 2.24) is 0 Å². The van der Waals surface area contributed by atoms with Gasteiger partial charge in [0.15, 0.2) is 6.10 Å². The highest BCUT2D eigenvalue weighted by Crippen LogP contribution is 2.14. The van der Waals surface area contributed by atoms with Crippen molar-refractivity contribution in [2.75, 3.05) is 13.2 Å². The molecule has 0 spiro atoms. The van der Waals surface area contributed by atoms with E-state index in [2.05, 4.69) is 130 Å². The fourth-order valence-corrected chi connectivity index (χ4v) is 6.63. The molecule has 356 valence electrons. The van der Waals surface area contributed by atoms with Gasteiger partial charge < -0.3 is 14.2 Å². The van der Waals surface area contributed by atoms with E-state index in [4.69, 9.17) is 14.2 Å². The van der Waals surface area contributed by atoms with Crippen molar-refractivity contribution in [1.29, 1.82) is 0 Å². The molecule has 0 aliphatic heterocycles. The zero-order valence-corrected chi connectivity index (χ0v) is 40.5. The third-order valence-corrected chi connectivity index (χ3v) is 10.4. The van der Waals surface area contributed by atoms with Crippen molar-refractivity contribution in [2.24, 2.45) is 0 Å². The van der Waals surface area contributed by atoms with Crippen LogP contribution >= 0.6 is 0 Å². The average molecular weight is 873 g/mol. The normalized spacial score (nSPS) is 13.0. The monoisotopic (exact) mass is 873 g/mol. The van der Waals surface area contributed by atoms with E-state index in [-0.39, 0.29) is 31.1 Å². The zero-order valence-electron chi connectivity index (χ0n) is 40.5. The SMILES string of the molecule is CC/C=C/C=C/C=C/CCCCCCCC(=O)OCC(COC(=O)CCCCCCCCCCC/C=C/C/C=C/C/C=C/CC)OC(=O)CCCCCCC/C=C/C=C/C=C/CC. The molecule has 0 radical (unpaired) electrons. The number of carbonyl (C=O) groups is 3. The Morgan fingerprint density at radius 2 is 0.651 bits per heavy atom. The molecule has 0 aromatic heterocycles. The van der Waals surface area contributed by atoms with Crippen LogP contribution in [0.4, 0.5) is 0 Å². The number of hydrogen-bond acceptors (Lipinski definition) is 6. The highest BCUT2D eigenvalue weighted by atomic mass is 16.6. The maximum absolute atomic E-state index is 12.8. The number of unbranched alkanes of at least 4 members (excludes halogenated alkanes) is 19. The van der Waals surface area contributed by atoms with Gasteiger partial charge in [-0.15, -0.1) is 0 Å². The molecule has 0 amide bonds. The number of hydrogen-bond donors (Lipinski definition) is 0. The largest absolute Gasteiger partial charge is 0.462 e. The molecule has 0 bridgehead atoms. The van der Waals surface area contributed by atoms with Gasteiger partial charge in [0.1, 0.15) is 13.2 Å². The minimum absolute atomic E-state index is 0.0983. The van der Waals surface area contributed by atoms with E-state index >= 15 is 0 Å². The van der Waals surface area contributed by atoms with Crippen LogP contribution in [0, 0.1) is 0 Å². The van der Waals surface area contributed by atoms with E-state index in [0.717, 1.165) is 128 Å². The Morgan fingerprint density at radius 3 is 1.06 bits per heavy atom. The maximum Gasteiger partial charge on any atom is 0.306 e. The molecule has 0 saturated heterocycles. The summed E-state index contributed by atoms with van der Waals surface area (Å²) < 4.78 is 16.8. The summed E-state index contributed by atoms with van der Waals surface area (Å²) >= 11 is 0. The smallest absolute Gasteiger partial charge is 0.306 e. The molecule has 0 heterocycles. The number of ether oxygens (including phenoxy) is 3. The summed E-state index contributed by atoms with van der Waals surface area (Å²) in [6.07, 6.45) is 67.9. The minimum atomic E-state index is -0.801. The molecule has 0 aliphatic carbocycles. The van der Waals surface area contributed by atoms with Crippen LogP contribution in [-0.4, -0.2) is 37.2 Å². The molecule has 1 atom stereocenters. The van der Waals surface area contributed by atoms with Gasteiger partial charge in [0, 0.05) is 19.3 Å². The standard InChI is InChI=1S/C57H92O6/c1-4-7-10-13-16-19-22-25-26-27-28-29-30-33-35-38-41-44-47-50-56(59)62-53-54(63-57(60)51-48-45-42-39-36-32-24-21-18-15-12-9-6-3)52-61-55(58)49-46-43-40-37-34-31-23-20-17-14-11-8-5-2/h7-12,14-21,23-26,54H,4-6,13,22,27-53H2,1-3H3/b10-7+,11-8+,12-9+,17-14+,18-15+,19-16+,23-20+,24-21+,26-25+. The van der Waals surface area contributed by atoms with Crippen LogP contribution in [0.25, 0.3) is 0 Å². The van der Waals surface area contributed by atoms with Gasteiger partial charge >= 0.3 is 17.9 Å². The van der Waals surface area contributed by atoms with Crippen LogP contribution in [0.1, 0.15) is 213 Å². The second-order valence-electron chi connectivity index (χ2n) is 16.4. The highest BCUT2D eigenvalue weighted by Gasteiger charge is 2.19. The fraction of sp³-hybridized carbons (Fsp3) is 0.632. The lowest BCUT2D eigenvalue weighted by molar-refractivity contribution is -0.167. The lowest BCUT2D eigenvalue weighted by atomic mass is 10.1. The van der Waals surface area contributed by atoms with Gasteiger partial charge in [-0.05, 0) is 89.9 Å². The van der Waals surface area contributed by atoms with Crippen LogP contribution in [0.2, 0.25) is 0 Å². The predicted octanol–water partition coefficient (Wildman–Crippen LogP) is 16.8. The molecule has 0 rings (SSSR count). The molecule has 0 aromatic carbocycles. The van der Waals surface area contributed by atoms with Crippen molar-refractivity contribution < 1.29 is 28.6 Å². The van der Waals surface area contributed by atoms with Crippen LogP contribution in [-0.2, 0) is 28.6 Å². The van der Waals surface area contributed by atoms with Crippen LogP contribution < -0.4 is 0 Å². The second kappa shape index (κ2) is 50.7. The molecule has 63 heavy (non-hydrogen) atoms. The van der Waals surface area contributed by atoms with Gasteiger partial charge in [-0.1, -0.05) is 214 Å². The first-order valence-corrected chi connectivity index (χ1v) is 25.5. The number of allylic oxidation sites excluding steroid dienone is 18. The summed E-state index contributed by atoms with van der Waals surface area (Å²) in [5.74, 6) is -0.952. The Morgan fingerprint density at radius 1 is 0.333 bits per heavy atom. The Labute approximate surface area is 387 Å². The lowest BCUT2D eigenvalue weighted by Crippen LogP contribution is -2.30. The number of carbonyl (C=O) groups excluding carboxylic acids is 3. The molecule has 0 saturated carbocycles. The van der Waals surface area contributed by atoms with E-state index in [1.165, 1.54) is 44.9 Å². The molecule has 1 unspecified atom stereocenters. The van der Waals surface area contributed by atoms with E-state index in [0.29, 0.717) is 19.3 Å². The summed E-state index contributed by atoms with van der Waals surface area (Å²) in [6, 6.07) is 0. The van der Waals surface area contributed by atoms with Gasteiger partial charge in [-0.25, -0.2) is 0 Å². The molecular formula is C57H92O6. The Bertz CT molecular complexity index is 1330. The Kier molecular flexibility index (Phi) is 47.5. The van der Waals surface area contributed by atoms with Crippen molar-refractivity contribution in [3.63, 3.8) is 0 Å². The first-order valence-electron chi connectivity index (χ1n) is 25.5. The molecule has 0 N–H and O–H groups in total. The van der Waals surface area contributed by atoms with Crippen LogP contribution in [0.3, 0.4) is 0 Å². The van der Waals surface area contributed by atoms with Crippen molar-refractivity contribution in [2.45, 2.75) is 219 Å². The summed E-state index contributed by atoms with van der Waals surface area (Å²) in [4.78, 5) is 38.0. The molecule has 0 fully saturated rings. The minimum Gasteiger partial charge on any atom is -0.462 e. The molecule has 6 heteroatoms. The Hall–Kier alpha value is -3.93. The summed E-state index contributed by atoms with van der Waals surface area (Å²) in [7, 11) is 0. The first-order chi connectivity index (χ1) is 31.0. The number of rotatable bonds is 44. The zero-order chi connectivity index (χ0) is 45.8. The third-order valence-electron chi connectivity index (χ3n) is 10.4. The highest BCUT2D eigenvalue weighted by molar-refractivity contribution is 5.71. The van der Waals surface area contributed by atoms with Gasteiger partial charge in [-0.3, -0.25) is 14.4 Å². The van der Waals surface area contributed by atoms with Crippen LogP contribution in [0.5, 0.6) is 0 Å². The summed E-state index contributed by atoms with van der Waals surface area (Å²) in [6.45, 7) is 6.21. The first kappa shape index (κ1) is 59.1. The quantitative estimate of drug-likeness (QED) is 0.0199. The van der Waals surface area contributed by atoms with Gasteiger partial charge in [0.2, 0.25) is 0 Å². The molecular weight excluding hydrogens is 781 g/mol. The fourth-order valence-electron chi connectivity index (χ4n) is 6.63. The summed E-state index contributed by atoms with van der Waals surface area (Å²) in [5.41, 5.74) is 0. The van der Waals surface area contributed by atoms with E-state index in [1.807, 2.05) is 0 Å². The lowest BCUT2D eigenvalue weighted by Gasteiger charge is -2.18. The maximum atomic E-state index is 12.8. The van der Waals surface area contributed by atoms with Gasteiger partial charge in [-0.2, -0.15) is 0 Å². The van der Waals surface area contributed by atoms with Gasteiger partial charge in [0.05, 0.1) is 0 Å². The summed E-state index contributed by atoms with van der Waals surface area (Å²) in [5, 5.41) is 0. The average Bonchev–Trinajstić information content (AvgIpc) is 3.28. The third kappa shape index (κ3) is 49.0. The van der Waals surface area contributed by atoms with E-state index < -0.39 is 6.10 Å². The van der Waals surface area contributed by atoms with E-state index in [9.17, 15) is 14.4 Å². The van der Waals surface area contributed by atoms with Crippen molar-refractivity contribution in [3.8, 4) is 0 Å². The van der Waals surface area contributed by atoms with Crippen LogP contribution in [0.15, 0.2) is 109 Å². The topological polar surface area (TPSA) is 78.9 Å². The molecule has 0 aliphatic rings. The van der Waals surface area contributed by atoms with E-state index in [1.54, 1.807) is 0 Å². The molecule has 0 aromatic rings. The predicted molar refractivity (Wildman–Crippen MR) is 270 cm³/mol. The van der Waals surface area contributed by atoms with Crippen molar-refractivity contribution in [3.05, 3.63) is 109 Å².